The molecule has 0 aromatic heterocycles. The maximum atomic E-state index is 12.8. The molecule has 0 heterocycles. The number of amides is 1. The summed E-state index contributed by atoms with van der Waals surface area (Å²) < 4.78 is 26.3. The summed E-state index contributed by atoms with van der Waals surface area (Å²) in [6, 6.07) is 19.5. The number of hydrogen-bond acceptors (Lipinski definition) is 3. The van der Waals surface area contributed by atoms with E-state index in [1.807, 2.05) is 19.1 Å². The molecule has 0 radical (unpaired) electrons. The fraction of sp³-hybridized carbons (Fsp3) is 0.296. The Kier molecular flexibility index (Phi) is 8.20. The second-order valence-electron chi connectivity index (χ2n) is 9.58. The molecule has 0 aliphatic heterocycles. The van der Waals surface area contributed by atoms with Crippen molar-refractivity contribution >= 4 is 44.8 Å². The van der Waals surface area contributed by atoms with Gasteiger partial charge >= 0.3 is 0 Å². The predicted molar refractivity (Wildman–Crippen MR) is 145 cm³/mol. The lowest BCUT2D eigenvalue weighted by molar-refractivity contribution is 0.0940. The van der Waals surface area contributed by atoms with E-state index in [1.54, 1.807) is 42.5 Å². The highest BCUT2D eigenvalue weighted by Gasteiger charge is 2.21. The van der Waals surface area contributed by atoms with Crippen LogP contribution in [-0.2, 0) is 22.0 Å². The third kappa shape index (κ3) is 6.78. The summed E-state index contributed by atoms with van der Waals surface area (Å²) in [6.07, 6.45) is 1.12. The van der Waals surface area contributed by atoms with Crippen LogP contribution in [0.25, 0.3) is 0 Å². The summed E-state index contributed by atoms with van der Waals surface area (Å²) in [5.74, 6) is -0.246. The first kappa shape index (κ1) is 27.1. The number of nitrogens with one attached hydrogen (secondary N) is 1. The Morgan fingerprint density at radius 1 is 0.943 bits per heavy atom. The molecular formula is C27H30Cl2N2O3S. The van der Waals surface area contributed by atoms with Crippen molar-refractivity contribution in [2.45, 2.75) is 45.7 Å². The van der Waals surface area contributed by atoms with Crippen molar-refractivity contribution in [1.29, 1.82) is 0 Å². The third-order valence-electron chi connectivity index (χ3n) is 5.81. The first-order valence-electron chi connectivity index (χ1n) is 11.2. The molecule has 0 unspecified atom stereocenters. The molecule has 0 fully saturated rings. The van der Waals surface area contributed by atoms with Gasteiger partial charge in [0.15, 0.2) is 0 Å². The van der Waals surface area contributed by atoms with E-state index < -0.39 is 10.0 Å². The minimum atomic E-state index is -3.64. The van der Waals surface area contributed by atoms with Gasteiger partial charge in [-0.25, -0.2) is 8.42 Å². The van der Waals surface area contributed by atoms with Crippen molar-refractivity contribution in [1.82, 2.24) is 5.32 Å². The van der Waals surface area contributed by atoms with Crippen molar-refractivity contribution in [2.75, 3.05) is 10.6 Å². The molecule has 1 N–H and O–H groups in total. The molecule has 1 amide bonds. The van der Waals surface area contributed by atoms with Gasteiger partial charge in [0.1, 0.15) is 0 Å². The van der Waals surface area contributed by atoms with Crippen LogP contribution in [-0.4, -0.2) is 20.6 Å². The number of nitrogens with zero attached hydrogens (tertiary/aromatic N) is 1. The fourth-order valence-electron chi connectivity index (χ4n) is 3.64. The number of rotatable bonds is 7. The highest BCUT2D eigenvalue weighted by Crippen LogP contribution is 2.29. The standard InChI is InChI=1S/C27H30Cl2N2O3S/c1-18(19-9-13-21(14-10-19)27(2,3)4)30-26(32)20-11-15-22(16-12-20)31(35(5,33)34)17-23-24(28)7-6-8-25(23)29/h6-16,18H,17H2,1-5H3,(H,30,32)/t18-/m0/s1. The molecule has 0 saturated heterocycles. The van der Waals surface area contributed by atoms with Gasteiger partial charge in [0.05, 0.1) is 24.5 Å². The number of anilines is 1. The molecule has 0 aliphatic carbocycles. The molecule has 0 saturated carbocycles. The average molecular weight is 534 g/mol. The predicted octanol–water partition coefficient (Wildman–Crippen LogP) is 6.75. The van der Waals surface area contributed by atoms with Crippen LogP contribution in [0, 0.1) is 0 Å². The number of hydrogen-bond donors (Lipinski definition) is 1. The van der Waals surface area contributed by atoms with Crippen molar-refractivity contribution in [3.05, 3.63) is 99.0 Å². The first-order chi connectivity index (χ1) is 16.3. The Morgan fingerprint density at radius 2 is 1.49 bits per heavy atom. The Morgan fingerprint density at radius 3 is 1.97 bits per heavy atom. The number of sulfonamides is 1. The SMILES string of the molecule is C[C@H](NC(=O)c1ccc(N(Cc2c(Cl)cccc2Cl)S(C)(=O)=O)cc1)c1ccc(C(C)(C)C)cc1. The van der Waals surface area contributed by atoms with Crippen LogP contribution in [0.4, 0.5) is 5.69 Å². The summed E-state index contributed by atoms with van der Waals surface area (Å²) in [5.41, 5.74) is 3.63. The zero-order valence-corrected chi connectivity index (χ0v) is 22.8. The number of halogens is 2. The smallest absolute Gasteiger partial charge is 0.251 e. The van der Waals surface area contributed by atoms with Gasteiger partial charge in [0, 0.05) is 21.2 Å². The van der Waals surface area contributed by atoms with Crippen LogP contribution in [0.5, 0.6) is 0 Å². The molecule has 5 nitrogen and oxygen atoms in total. The molecule has 3 rings (SSSR count). The van der Waals surface area contributed by atoms with Crippen LogP contribution >= 0.6 is 23.2 Å². The van der Waals surface area contributed by atoms with E-state index in [-0.39, 0.29) is 23.9 Å². The van der Waals surface area contributed by atoms with E-state index in [1.165, 1.54) is 9.87 Å². The zero-order chi connectivity index (χ0) is 26.0. The van der Waals surface area contributed by atoms with E-state index in [4.69, 9.17) is 23.2 Å². The lowest BCUT2D eigenvalue weighted by Crippen LogP contribution is -2.30. The number of benzene rings is 3. The molecule has 0 spiro atoms. The monoisotopic (exact) mass is 532 g/mol. The van der Waals surface area contributed by atoms with E-state index in [0.717, 1.165) is 11.8 Å². The molecule has 8 heteroatoms. The normalized spacial score (nSPS) is 12.8. The van der Waals surface area contributed by atoms with Crippen LogP contribution in [0.2, 0.25) is 10.0 Å². The summed E-state index contributed by atoms with van der Waals surface area (Å²) in [4.78, 5) is 12.8. The average Bonchev–Trinajstić information content (AvgIpc) is 2.77. The Bertz CT molecular complexity index is 1280. The van der Waals surface area contributed by atoms with E-state index in [2.05, 4.69) is 38.2 Å². The van der Waals surface area contributed by atoms with Crippen molar-refractivity contribution in [3.63, 3.8) is 0 Å². The fourth-order valence-corrected chi connectivity index (χ4v) is 5.03. The van der Waals surface area contributed by atoms with Crippen molar-refractivity contribution < 1.29 is 13.2 Å². The largest absolute Gasteiger partial charge is 0.346 e. The second kappa shape index (κ2) is 10.6. The van der Waals surface area contributed by atoms with Crippen LogP contribution in [0.1, 0.15) is 60.8 Å². The van der Waals surface area contributed by atoms with Gasteiger partial charge < -0.3 is 5.32 Å². The van der Waals surface area contributed by atoms with Gasteiger partial charge in [-0.05, 0) is 59.9 Å². The van der Waals surface area contributed by atoms with Gasteiger partial charge in [-0.1, -0.05) is 74.3 Å². The molecular weight excluding hydrogens is 503 g/mol. The van der Waals surface area contributed by atoms with E-state index in [0.29, 0.717) is 26.9 Å². The highest BCUT2D eigenvalue weighted by molar-refractivity contribution is 7.92. The van der Waals surface area contributed by atoms with Crippen molar-refractivity contribution in [2.24, 2.45) is 0 Å². The summed E-state index contributed by atoms with van der Waals surface area (Å²) in [6.45, 7) is 8.38. The molecule has 186 valence electrons. The van der Waals surface area contributed by atoms with Gasteiger partial charge in [-0.2, -0.15) is 0 Å². The molecule has 0 bridgehead atoms. The van der Waals surface area contributed by atoms with Gasteiger partial charge in [0.25, 0.3) is 5.91 Å². The number of carbonyl (C=O) groups is 1. The molecule has 0 aliphatic rings. The zero-order valence-electron chi connectivity index (χ0n) is 20.5. The topological polar surface area (TPSA) is 66.5 Å². The lowest BCUT2D eigenvalue weighted by Gasteiger charge is -2.24. The van der Waals surface area contributed by atoms with E-state index >= 15 is 0 Å². The quantitative estimate of drug-likeness (QED) is 0.366. The lowest BCUT2D eigenvalue weighted by atomic mass is 9.86. The summed E-state index contributed by atoms with van der Waals surface area (Å²) >= 11 is 12.5. The van der Waals surface area contributed by atoms with Crippen LogP contribution in [0.3, 0.4) is 0 Å². The molecule has 35 heavy (non-hydrogen) atoms. The second-order valence-corrected chi connectivity index (χ2v) is 12.3. The minimum absolute atomic E-state index is 0.0233. The van der Waals surface area contributed by atoms with Gasteiger partial charge in [-0.15, -0.1) is 0 Å². The maximum absolute atomic E-state index is 12.8. The highest BCUT2D eigenvalue weighted by atomic mass is 35.5. The first-order valence-corrected chi connectivity index (χ1v) is 13.8. The number of carbonyl (C=O) groups excluding carboxylic acids is 1. The molecule has 3 aromatic carbocycles. The van der Waals surface area contributed by atoms with Crippen LogP contribution < -0.4 is 9.62 Å². The van der Waals surface area contributed by atoms with Crippen LogP contribution in [0.15, 0.2) is 66.7 Å². The van der Waals surface area contributed by atoms with Gasteiger partial charge in [-0.3, -0.25) is 9.10 Å². The van der Waals surface area contributed by atoms with Gasteiger partial charge in [0.2, 0.25) is 10.0 Å². The Balaban J connectivity index is 1.76. The third-order valence-corrected chi connectivity index (χ3v) is 7.65. The van der Waals surface area contributed by atoms with E-state index in [9.17, 15) is 13.2 Å². The maximum Gasteiger partial charge on any atom is 0.251 e. The Hall–Kier alpha value is -2.54. The molecule has 1 atom stereocenters. The van der Waals surface area contributed by atoms with Crippen molar-refractivity contribution in [3.8, 4) is 0 Å². The Labute approximate surface area is 218 Å². The minimum Gasteiger partial charge on any atom is -0.346 e. The summed E-state index contributed by atoms with van der Waals surface area (Å²) in [5, 5.41) is 3.76. The molecule has 3 aromatic rings. The summed E-state index contributed by atoms with van der Waals surface area (Å²) in [7, 11) is -3.64.